The van der Waals surface area contributed by atoms with Crippen molar-refractivity contribution in [3.05, 3.63) is 82.6 Å². The molecule has 0 bridgehead atoms. The molecular formula is C26H27N5O2. The quantitative estimate of drug-likeness (QED) is 0.613. The number of hydrogen-bond acceptors (Lipinski definition) is 5. The molecule has 2 aliphatic rings. The maximum atomic E-state index is 13.1. The van der Waals surface area contributed by atoms with E-state index in [4.69, 9.17) is 9.97 Å². The number of aromatic nitrogens is 3. The molecule has 2 aliphatic heterocycles. The van der Waals surface area contributed by atoms with Gasteiger partial charge in [-0.2, -0.15) is 0 Å². The van der Waals surface area contributed by atoms with Crippen LogP contribution in [0.25, 0.3) is 0 Å². The number of likely N-dealkylation sites (tertiary alicyclic amines) is 1. The summed E-state index contributed by atoms with van der Waals surface area (Å²) in [5, 5.41) is 0. The number of hydrogen-bond donors (Lipinski definition) is 0. The molecule has 2 aromatic heterocycles. The number of carbonyl (C=O) groups excluding carboxylic acids is 2. The van der Waals surface area contributed by atoms with E-state index in [9.17, 15) is 9.59 Å². The predicted octanol–water partition coefficient (Wildman–Crippen LogP) is 3.95. The van der Waals surface area contributed by atoms with Crippen LogP contribution in [-0.4, -0.2) is 38.2 Å². The molecule has 1 saturated heterocycles. The number of fused-ring (bicyclic) bond motifs is 1. The van der Waals surface area contributed by atoms with Crippen LogP contribution in [0.5, 0.6) is 0 Å². The highest BCUT2D eigenvalue weighted by molar-refractivity contribution is 5.95. The largest absolute Gasteiger partial charge is 0.327 e. The minimum atomic E-state index is -0.221. The topological polar surface area (TPSA) is 79.3 Å². The van der Waals surface area contributed by atoms with Crippen molar-refractivity contribution in [2.75, 3.05) is 11.4 Å². The Labute approximate surface area is 193 Å². The Morgan fingerprint density at radius 2 is 1.88 bits per heavy atom. The Bertz CT molecular complexity index is 1190. The maximum absolute atomic E-state index is 13.1. The van der Waals surface area contributed by atoms with E-state index >= 15 is 0 Å². The highest BCUT2D eigenvalue weighted by atomic mass is 16.2. The first-order valence-corrected chi connectivity index (χ1v) is 11.5. The molecule has 0 radical (unpaired) electrons. The lowest BCUT2D eigenvalue weighted by Gasteiger charge is -2.31. The lowest BCUT2D eigenvalue weighted by molar-refractivity contribution is -0.119. The molecular weight excluding hydrogens is 414 g/mol. The number of pyridine rings is 1. The number of nitrogens with zero attached hydrogens (tertiary/aromatic N) is 5. The van der Waals surface area contributed by atoms with E-state index in [1.165, 1.54) is 5.56 Å². The molecule has 2 amide bonds. The number of carbonyl (C=O) groups is 2. The molecule has 33 heavy (non-hydrogen) atoms. The Hall–Kier alpha value is -3.61. The molecule has 0 N–H and O–H groups in total. The molecule has 3 aromatic rings. The van der Waals surface area contributed by atoms with Gasteiger partial charge < -0.3 is 4.90 Å². The third kappa shape index (κ3) is 4.11. The first-order chi connectivity index (χ1) is 16.0. The minimum absolute atomic E-state index is 0.0694. The molecule has 0 spiro atoms. The van der Waals surface area contributed by atoms with E-state index in [0.717, 1.165) is 29.7 Å². The smallest absolute Gasteiger partial charge is 0.273 e. The fourth-order valence-electron chi connectivity index (χ4n) is 4.71. The van der Waals surface area contributed by atoms with Crippen molar-refractivity contribution in [2.24, 2.45) is 0 Å². The molecule has 168 valence electrons. The molecule has 1 fully saturated rings. The lowest BCUT2D eigenvalue weighted by atomic mass is 10.0. The molecule has 0 aliphatic carbocycles. The Balaban J connectivity index is 1.49. The predicted molar refractivity (Wildman–Crippen MR) is 125 cm³/mol. The van der Waals surface area contributed by atoms with Crippen molar-refractivity contribution >= 4 is 17.6 Å². The zero-order valence-electron chi connectivity index (χ0n) is 19.0. The van der Waals surface area contributed by atoms with Crippen molar-refractivity contribution < 1.29 is 9.59 Å². The SMILES string of the molecule is Cc1ccc(CN2C(=O)CCc3c(C)nc([C@@H]4CCCN4C(=O)c4ccccn4)nc32)cc1. The number of amides is 2. The molecule has 1 aromatic carbocycles. The Kier molecular flexibility index (Phi) is 5.62. The van der Waals surface area contributed by atoms with Crippen LogP contribution in [0.2, 0.25) is 0 Å². The molecule has 7 heteroatoms. The van der Waals surface area contributed by atoms with Gasteiger partial charge in [-0.05, 0) is 50.8 Å². The third-order valence-corrected chi connectivity index (χ3v) is 6.51. The molecule has 4 heterocycles. The normalized spacial score (nSPS) is 17.9. The second-order valence-corrected chi connectivity index (χ2v) is 8.81. The summed E-state index contributed by atoms with van der Waals surface area (Å²) >= 11 is 0. The zero-order valence-corrected chi connectivity index (χ0v) is 19.0. The lowest BCUT2D eigenvalue weighted by Crippen LogP contribution is -2.37. The first kappa shape index (κ1) is 21.2. The van der Waals surface area contributed by atoms with Crippen LogP contribution in [0.3, 0.4) is 0 Å². The summed E-state index contributed by atoms with van der Waals surface area (Å²) in [4.78, 5) is 43.6. The first-order valence-electron chi connectivity index (χ1n) is 11.5. The van der Waals surface area contributed by atoms with Gasteiger partial charge in [0, 0.05) is 30.4 Å². The third-order valence-electron chi connectivity index (χ3n) is 6.51. The van der Waals surface area contributed by atoms with Gasteiger partial charge in [-0.15, -0.1) is 0 Å². The Morgan fingerprint density at radius 3 is 2.64 bits per heavy atom. The van der Waals surface area contributed by atoms with Gasteiger partial charge in [-0.3, -0.25) is 19.5 Å². The van der Waals surface area contributed by atoms with Crippen LogP contribution < -0.4 is 4.90 Å². The van der Waals surface area contributed by atoms with Crippen LogP contribution in [0.4, 0.5) is 5.82 Å². The van der Waals surface area contributed by atoms with Crippen LogP contribution in [0.1, 0.15) is 64.0 Å². The van der Waals surface area contributed by atoms with Crippen LogP contribution in [0, 0.1) is 13.8 Å². The van der Waals surface area contributed by atoms with Gasteiger partial charge in [-0.1, -0.05) is 35.9 Å². The summed E-state index contributed by atoms with van der Waals surface area (Å²) in [6.45, 7) is 5.15. The van der Waals surface area contributed by atoms with E-state index in [0.29, 0.717) is 43.3 Å². The molecule has 1 atom stereocenters. The van der Waals surface area contributed by atoms with E-state index < -0.39 is 0 Å². The van der Waals surface area contributed by atoms with Gasteiger partial charge in [-0.25, -0.2) is 9.97 Å². The van der Waals surface area contributed by atoms with Gasteiger partial charge in [0.25, 0.3) is 5.91 Å². The van der Waals surface area contributed by atoms with Crippen molar-refractivity contribution in [3.63, 3.8) is 0 Å². The second kappa shape index (κ2) is 8.73. The average molecular weight is 442 g/mol. The van der Waals surface area contributed by atoms with Crippen molar-refractivity contribution in [3.8, 4) is 0 Å². The van der Waals surface area contributed by atoms with Gasteiger partial charge in [0.1, 0.15) is 11.5 Å². The van der Waals surface area contributed by atoms with E-state index in [2.05, 4.69) is 29.2 Å². The van der Waals surface area contributed by atoms with E-state index in [-0.39, 0.29) is 17.9 Å². The van der Waals surface area contributed by atoms with E-state index in [1.54, 1.807) is 23.2 Å². The maximum Gasteiger partial charge on any atom is 0.273 e. The molecule has 5 rings (SSSR count). The Morgan fingerprint density at radius 1 is 1.06 bits per heavy atom. The summed E-state index contributed by atoms with van der Waals surface area (Å²) in [6.07, 6.45) is 4.41. The highest BCUT2D eigenvalue weighted by Crippen LogP contribution is 2.35. The van der Waals surface area contributed by atoms with Crippen molar-refractivity contribution in [2.45, 2.75) is 52.1 Å². The number of rotatable bonds is 4. The number of benzene rings is 1. The van der Waals surface area contributed by atoms with E-state index in [1.807, 2.05) is 24.8 Å². The van der Waals surface area contributed by atoms with Crippen LogP contribution >= 0.6 is 0 Å². The van der Waals surface area contributed by atoms with Crippen molar-refractivity contribution in [1.29, 1.82) is 0 Å². The molecule has 7 nitrogen and oxygen atoms in total. The molecule has 0 saturated carbocycles. The monoisotopic (exact) mass is 441 g/mol. The fourth-order valence-corrected chi connectivity index (χ4v) is 4.71. The van der Waals surface area contributed by atoms with Gasteiger partial charge in [0.15, 0.2) is 5.82 Å². The summed E-state index contributed by atoms with van der Waals surface area (Å²) in [7, 11) is 0. The summed E-state index contributed by atoms with van der Waals surface area (Å²) in [5.41, 5.74) is 4.57. The minimum Gasteiger partial charge on any atom is -0.327 e. The van der Waals surface area contributed by atoms with Crippen molar-refractivity contribution in [1.82, 2.24) is 19.9 Å². The van der Waals surface area contributed by atoms with Gasteiger partial charge in [0.2, 0.25) is 5.91 Å². The van der Waals surface area contributed by atoms with Crippen LogP contribution in [-0.2, 0) is 17.8 Å². The second-order valence-electron chi connectivity index (χ2n) is 8.81. The average Bonchev–Trinajstić information content (AvgIpc) is 3.32. The van der Waals surface area contributed by atoms with Gasteiger partial charge in [0.05, 0.1) is 12.6 Å². The van der Waals surface area contributed by atoms with Crippen LogP contribution in [0.15, 0.2) is 48.7 Å². The summed E-state index contributed by atoms with van der Waals surface area (Å²) in [6, 6.07) is 13.3. The zero-order chi connectivity index (χ0) is 22.9. The number of anilines is 1. The standard InChI is InChI=1S/C26H27N5O2/c1-17-8-10-19(11-9-17)16-31-23(32)13-12-20-18(2)28-24(29-25(20)31)22-7-5-15-30(22)26(33)21-6-3-4-14-27-21/h3-4,6,8-11,14,22H,5,7,12-13,15-16H2,1-2H3/t22-/m0/s1. The summed E-state index contributed by atoms with van der Waals surface area (Å²) in [5.74, 6) is 1.26. The van der Waals surface area contributed by atoms with Gasteiger partial charge >= 0.3 is 0 Å². The summed E-state index contributed by atoms with van der Waals surface area (Å²) < 4.78 is 0. The highest BCUT2D eigenvalue weighted by Gasteiger charge is 2.35. The molecule has 0 unspecified atom stereocenters. The fraction of sp³-hybridized carbons (Fsp3) is 0.346. The number of aryl methyl sites for hydroxylation is 2.